The number of rotatable bonds is 4. The lowest BCUT2D eigenvalue weighted by molar-refractivity contribution is -0.140. The predicted octanol–water partition coefficient (Wildman–Crippen LogP) is -0.418. The van der Waals surface area contributed by atoms with Gasteiger partial charge in [0.1, 0.15) is 6.04 Å². The van der Waals surface area contributed by atoms with Crippen molar-refractivity contribution in [3.63, 3.8) is 0 Å². The minimum atomic E-state index is -3.06. The summed E-state index contributed by atoms with van der Waals surface area (Å²) >= 11 is 0. The lowest BCUT2D eigenvalue weighted by Gasteiger charge is -2.19. The van der Waals surface area contributed by atoms with Crippen LogP contribution in [0.15, 0.2) is 0 Å². The molecule has 0 saturated carbocycles. The largest absolute Gasteiger partial charge is 0.480 e. The molecule has 0 aromatic rings. The molecule has 2 atom stereocenters. The van der Waals surface area contributed by atoms with Crippen LogP contribution in [0, 0.1) is 5.92 Å². The Morgan fingerprint density at radius 1 is 1.33 bits per heavy atom. The smallest absolute Gasteiger partial charge is 0.326 e. The lowest BCUT2D eigenvalue weighted by atomic mass is 10.1. The summed E-state index contributed by atoms with van der Waals surface area (Å²) < 4.78 is 22.4. The molecule has 0 aromatic carbocycles. The van der Waals surface area contributed by atoms with Gasteiger partial charge >= 0.3 is 12.0 Å². The van der Waals surface area contributed by atoms with Crippen molar-refractivity contribution in [3.05, 3.63) is 0 Å². The normalized spacial score (nSPS) is 23.6. The van der Waals surface area contributed by atoms with Crippen LogP contribution in [0.1, 0.15) is 20.3 Å². The number of carbonyl (C=O) groups is 2. The first kappa shape index (κ1) is 14.7. The Hall–Kier alpha value is -1.31. The highest BCUT2D eigenvalue weighted by Crippen LogP contribution is 2.11. The second kappa shape index (κ2) is 5.55. The summed E-state index contributed by atoms with van der Waals surface area (Å²) in [6, 6.07) is -2.06. The van der Waals surface area contributed by atoms with E-state index in [0.717, 1.165) is 0 Å². The molecule has 2 amide bonds. The Kier molecular flexibility index (Phi) is 4.55. The standard InChI is InChI=1S/C10H18N2O5S/c1-6(2)8(9(13)14)12-10(15)11-7-3-4-18(16,17)5-7/h6-8H,3-5H2,1-2H3,(H,13,14)(H2,11,12,15). The molecule has 1 saturated heterocycles. The first-order chi connectivity index (χ1) is 8.21. The molecule has 8 heteroatoms. The van der Waals surface area contributed by atoms with E-state index in [1.165, 1.54) is 0 Å². The number of amides is 2. The summed E-state index contributed by atoms with van der Waals surface area (Å²) in [6.07, 6.45) is 0.370. The molecular weight excluding hydrogens is 260 g/mol. The molecule has 0 bridgehead atoms. The lowest BCUT2D eigenvalue weighted by Crippen LogP contribution is -2.51. The number of carbonyl (C=O) groups excluding carboxylic acids is 1. The van der Waals surface area contributed by atoms with E-state index in [9.17, 15) is 18.0 Å². The quantitative estimate of drug-likeness (QED) is 0.646. The van der Waals surface area contributed by atoms with Gasteiger partial charge in [0.25, 0.3) is 0 Å². The van der Waals surface area contributed by atoms with E-state index in [1.54, 1.807) is 13.8 Å². The van der Waals surface area contributed by atoms with Crippen LogP contribution < -0.4 is 10.6 Å². The maximum absolute atomic E-state index is 11.5. The topological polar surface area (TPSA) is 113 Å². The Balaban J connectivity index is 2.49. The average Bonchev–Trinajstić information content (AvgIpc) is 2.53. The monoisotopic (exact) mass is 278 g/mol. The van der Waals surface area contributed by atoms with Crippen molar-refractivity contribution >= 4 is 21.8 Å². The number of nitrogens with one attached hydrogen (secondary N) is 2. The van der Waals surface area contributed by atoms with Crippen LogP contribution in [0.2, 0.25) is 0 Å². The third kappa shape index (κ3) is 4.17. The Labute approximate surface area is 106 Å². The van der Waals surface area contributed by atoms with Crippen LogP contribution in [-0.2, 0) is 14.6 Å². The fourth-order valence-corrected chi connectivity index (χ4v) is 3.46. The Morgan fingerprint density at radius 2 is 1.94 bits per heavy atom. The molecule has 0 radical (unpaired) electrons. The average molecular weight is 278 g/mol. The molecular formula is C10H18N2O5S. The highest BCUT2D eigenvalue weighted by atomic mass is 32.2. The molecule has 0 aliphatic carbocycles. The van der Waals surface area contributed by atoms with Crippen LogP contribution in [0.3, 0.4) is 0 Å². The number of hydrogen-bond acceptors (Lipinski definition) is 4. The number of sulfone groups is 1. The molecule has 1 rings (SSSR count). The van der Waals surface area contributed by atoms with Gasteiger partial charge in [-0.1, -0.05) is 13.8 Å². The first-order valence-corrected chi connectivity index (χ1v) is 7.53. The molecule has 2 unspecified atom stereocenters. The molecule has 7 nitrogen and oxygen atoms in total. The number of urea groups is 1. The van der Waals surface area contributed by atoms with Crippen LogP contribution in [0.5, 0.6) is 0 Å². The molecule has 0 aromatic heterocycles. The maximum atomic E-state index is 11.5. The van der Waals surface area contributed by atoms with Crippen molar-refractivity contribution in [1.29, 1.82) is 0 Å². The van der Waals surface area contributed by atoms with E-state index in [0.29, 0.717) is 6.42 Å². The SMILES string of the molecule is CC(C)C(NC(=O)NC1CCS(=O)(=O)C1)C(=O)O. The van der Waals surface area contributed by atoms with E-state index in [4.69, 9.17) is 5.11 Å². The molecule has 3 N–H and O–H groups in total. The second-order valence-electron chi connectivity index (χ2n) is 4.78. The van der Waals surface area contributed by atoms with Gasteiger partial charge in [-0.3, -0.25) is 0 Å². The zero-order valence-electron chi connectivity index (χ0n) is 10.3. The van der Waals surface area contributed by atoms with E-state index >= 15 is 0 Å². The van der Waals surface area contributed by atoms with Gasteiger partial charge in [0.2, 0.25) is 0 Å². The summed E-state index contributed by atoms with van der Waals surface area (Å²) in [7, 11) is -3.06. The van der Waals surface area contributed by atoms with Gasteiger partial charge in [-0.05, 0) is 12.3 Å². The van der Waals surface area contributed by atoms with E-state index in [1.807, 2.05) is 0 Å². The Bertz CT molecular complexity index is 432. The number of aliphatic carboxylic acids is 1. The minimum Gasteiger partial charge on any atom is -0.480 e. The Morgan fingerprint density at radius 3 is 2.33 bits per heavy atom. The van der Waals surface area contributed by atoms with Gasteiger partial charge in [0.15, 0.2) is 9.84 Å². The molecule has 1 aliphatic heterocycles. The molecule has 0 spiro atoms. The van der Waals surface area contributed by atoms with Gasteiger partial charge in [0, 0.05) is 6.04 Å². The fourth-order valence-electron chi connectivity index (χ4n) is 1.79. The van der Waals surface area contributed by atoms with Gasteiger partial charge < -0.3 is 15.7 Å². The van der Waals surface area contributed by atoms with Gasteiger partial charge in [-0.25, -0.2) is 18.0 Å². The summed E-state index contributed by atoms with van der Waals surface area (Å²) in [5, 5.41) is 13.7. The van der Waals surface area contributed by atoms with Crippen LogP contribution in [0.4, 0.5) is 4.79 Å². The van der Waals surface area contributed by atoms with E-state index in [2.05, 4.69) is 10.6 Å². The summed E-state index contributed by atoms with van der Waals surface area (Å²) in [6.45, 7) is 3.36. The summed E-state index contributed by atoms with van der Waals surface area (Å²) in [5.74, 6) is -1.38. The maximum Gasteiger partial charge on any atom is 0.326 e. The zero-order valence-corrected chi connectivity index (χ0v) is 11.2. The highest BCUT2D eigenvalue weighted by Gasteiger charge is 2.30. The third-order valence-corrected chi connectivity index (χ3v) is 4.55. The first-order valence-electron chi connectivity index (χ1n) is 5.71. The van der Waals surface area contributed by atoms with Gasteiger partial charge in [-0.15, -0.1) is 0 Å². The second-order valence-corrected chi connectivity index (χ2v) is 7.01. The highest BCUT2D eigenvalue weighted by molar-refractivity contribution is 7.91. The number of hydrogen-bond donors (Lipinski definition) is 3. The van der Waals surface area contributed by atoms with Crippen molar-refractivity contribution in [2.24, 2.45) is 5.92 Å². The molecule has 1 heterocycles. The predicted molar refractivity (Wildman–Crippen MR) is 65.0 cm³/mol. The van der Waals surface area contributed by atoms with Crippen molar-refractivity contribution in [3.8, 4) is 0 Å². The van der Waals surface area contributed by atoms with Crippen LogP contribution in [0.25, 0.3) is 0 Å². The fraction of sp³-hybridized carbons (Fsp3) is 0.800. The third-order valence-electron chi connectivity index (χ3n) is 2.79. The van der Waals surface area contributed by atoms with Crippen molar-refractivity contribution in [1.82, 2.24) is 10.6 Å². The summed E-state index contributed by atoms with van der Waals surface area (Å²) in [4.78, 5) is 22.4. The van der Waals surface area contributed by atoms with Gasteiger partial charge in [0.05, 0.1) is 11.5 Å². The minimum absolute atomic E-state index is 0.0600. The number of carboxylic acid groups (broad SMARTS) is 1. The molecule has 1 fully saturated rings. The van der Waals surface area contributed by atoms with Gasteiger partial charge in [-0.2, -0.15) is 0 Å². The zero-order chi connectivity index (χ0) is 13.9. The molecule has 1 aliphatic rings. The van der Waals surface area contributed by atoms with Crippen molar-refractivity contribution in [2.75, 3.05) is 11.5 Å². The van der Waals surface area contributed by atoms with Crippen molar-refractivity contribution < 1.29 is 23.1 Å². The summed E-state index contributed by atoms with van der Waals surface area (Å²) in [5.41, 5.74) is 0. The molecule has 104 valence electrons. The van der Waals surface area contributed by atoms with Crippen LogP contribution >= 0.6 is 0 Å². The number of carboxylic acids is 1. The van der Waals surface area contributed by atoms with E-state index in [-0.39, 0.29) is 17.4 Å². The molecule has 18 heavy (non-hydrogen) atoms. The van der Waals surface area contributed by atoms with E-state index < -0.39 is 33.9 Å². The van der Waals surface area contributed by atoms with Crippen LogP contribution in [-0.4, -0.2) is 49.1 Å². The van der Waals surface area contributed by atoms with Crippen molar-refractivity contribution in [2.45, 2.75) is 32.4 Å².